The minimum atomic E-state index is -0.710. The number of hydrogen-bond donors (Lipinski definition) is 2. The molecule has 25 heavy (non-hydrogen) atoms. The summed E-state index contributed by atoms with van der Waals surface area (Å²) in [7, 11) is 0. The van der Waals surface area contributed by atoms with Crippen molar-refractivity contribution in [2.24, 2.45) is 0 Å². The number of rotatable bonds is 5. The molecule has 3 aromatic rings. The van der Waals surface area contributed by atoms with Crippen LogP contribution in [0.15, 0.2) is 69.7 Å². The molecule has 2 amide bonds. The third kappa shape index (κ3) is 4.17. The first-order valence-electron chi connectivity index (χ1n) is 7.89. The molecule has 1 atom stereocenters. The lowest BCUT2D eigenvalue weighted by Gasteiger charge is -2.13. The van der Waals surface area contributed by atoms with E-state index in [1.807, 2.05) is 37.3 Å². The number of amides is 2. The van der Waals surface area contributed by atoms with Gasteiger partial charge >= 0.3 is 11.8 Å². The average molecular weight is 338 g/mol. The van der Waals surface area contributed by atoms with Gasteiger partial charge in [-0.3, -0.25) is 9.59 Å². The van der Waals surface area contributed by atoms with Crippen molar-refractivity contribution < 1.29 is 18.4 Å². The molecule has 2 N–H and O–H groups in total. The van der Waals surface area contributed by atoms with Crippen LogP contribution < -0.4 is 10.6 Å². The Hall–Kier alpha value is -3.28. The van der Waals surface area contributed by atoms with Crippen LogP contribution in [-0.4, -0.2) is 11.8 Å². The van der Waals surface area contributed by atoms with Crippen molar-refractivity contribution in [1.82, 2.24) is 10.6 Å². The normalized spacial score (nSPS) is 11.7. The van der Waals surface area contributed by atoms with Crippen LogP contribution in [0.5, 0.6) is 0 Å². The van der Waals surface area contributed by atoms with Gasteiger partial charge in [0.2, 0.25) is 0 Å². The second-order valence-corrected chi connectivity index (χ2v) is 5.53. The molecular formula is C19H18N2O4. The van der Waals surface area contributed by atoms with E-state index in [-0.39, 0.29) is 12.6 Å². The number of carbonyl (C=O) groups excluding carboxylic acids is 2. The number of nitrogens with one attached hydrogen (secondary N) is 2. The van der Waals surface area contributed by atoms with Gasteiger partial charge in [0.15, 0.2) is 11.5 Å². The first-order chi connectivity index (χ1) is 12.1. The minimum Gasteiger partial charge on any atom is -0.461 e. The van der Waals surface area contributed by atoms with Crippen LogP contribution >= 0.6 is 0 Å². The number of hydrogen-bond acceptors (Lipinski definition) is 4. The highest BCUT2D eigenvalue weighted by atomic mass is 16.4. The molecule has 0 bridgehead atoms. The summed E-state index contributed by atoms with van der Waals surface area (Å²) in [5.41, 5.74) is 0.928. The van der Waals surface area contributed by atoms with E-state index in [1.165, 1.54) is 0 Å². The molecule has 0 saturated heterocycles. The summed E-state index contributed by atoms with van der Waals surface area (Å²) in [6.45, 7) is 1.94. The summed E-state index contributed by atoms with van der Waals surface area (Å²) in [5.74, 6) is 0.306. The predicted octanol–water partition coefficient (Wildman–Crippen LogP) is 3.03. The van der Waals surface area contributed by atoms with Crippen LogP contribution in [0.25, 0.3) is 11.5 Å². The van der Waals surface area contributed by atoms with E-state index in [1.54, 1.807) is 30.5 Å². The van der Waals surface area contributed by atoms with Gasteiger partial charge in [0, 0.05) is 0 Å². The van der Waals surface area contributed by atoms with Crippen molar-refractivity contribution in [1.29, 1.82) is 0 Å². The molecule has 128 valence electrons. The lowest BCUT2D eigenvalue weighted by atomic mass is 10.1. The fourth-order valence-electron chi connectivity index (χ4n) is 2.36. The van der Waals surface area contributed by atoms with Crippen molar-refractivity contribution in [3.8, 4) is 11.5 Å². The molecule has 2 aromatic heterocycles. The number of benzene rings is 1. The maximum absolute atomic E-state index is 12.0. The molecule has 0 aliphatic heterocycles. The molecular weight excluding hydrogens is 320 g/mol. The largest absolute Gasteiger partial charge is 0.461 e. The molecule has 0 spiro atoms. The topological polar surface area (TPSA) is 84.5 Å². The smallest absolute Gasteiger partial charge is 0.309 e. The lowest BCUT2D eigenvalue weighted by molar-refractivity contribution is -0.139. The van der Waals surface area contributed by atoms with Gasteiger partial charge in [-0.15, -0.1) is 0 Å². The quantitative estimate of drug-likeness (QED) is 0.700. The van der Waals surface area contributed by atoms with Crippen LogP contribution in [0.4, 0.5) is 0 Å². The molecule has 1 unspecified atom stereocenters. The standard InChI is InChI=1S/C19H18N2O4/c1-13(14-6-3-2-4-7-14)21-19(23)18(22)20-12-15-9-10-17(25-15)16-8-5-11-24-16/h2-11,13H,12H2,1H3,(H,20,22)(H,21,23). The zero-order chi connectivity index (χ0) is 17.6. The van der Waals surface area contributed by atoms with E-state index in [0.717, 1.165) is 5.56 Å². The molecule has 0 aliphatic rings. The summed E-state index contributed by atoms with van der Waals surface area (Å²) >= 11 is 0. The van der Waals surface area contributed by atoms with Gasteiger partial charge in [-0.25, -0.2) is 0 Å². The van der Waals surface area contributed by atoms with E-state index in [9.17, 15) is 9.59 Å². The van der Waals surface area contributed by atoms with E-state index >= 15 is 0 Å². The molecule has 6 heteroatoms. The zero-order valence-electron chi connectivity index (χ0n) is 13.7. The van der Waals surface area contributed by atoms with E-state index in [0.29, 0.717) is 17.3 Å². The van der Waals surface area contributed by atoms with Crippen LogP contribution in [0.3, 0.4) is 0 Å². The van der Waals surface area contributed by atoms with Crippen molar-refractivity contribution in [3.05, 3.63) is 72.2 Å². The minimum absolute atomic E-state index is 0.118. The summed E-state index contributed by atoms with van der Waals surface area (Å²) in [6.07, 6.45) is 1.55. The number of carbonyl (C=O) groups is 2. The molecule has 0 fully saturated rings. The van der Waals surface area contributed by atoms with Crippen LogP contribution in [0, 0.1) is 0 Å². The predicted molar refractivity (Wildman–Crippen MR) is 91.3 cm³/mol. The van der Waals surface area contributed by atoms with Crippen molar-refractivity contribution >= 4 is 11.8 Å². The third-order valence-electron chi connectivity index (χ3n) is 3.70. The second kappa shape index (κ2) is 7.53. The van der Waals surface area contributed by atoms with Gasteiger partial charge in [0.1, 0.15) is 5.76 Å². The Bertz CT molecular complexity index is 837. The monoisotopic (exact) mass is 338 g/mol. The van der Waals surface area contributed by atoms with Gasteiger partial charge in [-0.1, -0.05) is 30.3 Å². The summed E-state index contributed by atoms with van der Waals surface area (Å²) in [6, 6.07) is 16.2. The Morgan fingerprint density at radius 2 is 1.76 bits per heavy atom. The highest BCUT2D eigenvalue weighted by Crippen LogP contribution is 2.22. The Morgan fingerprint density at radius 3 is 2.48 bits per heavy atom. The van der Waals surface area contributed by atoms with Gasteiger partial charge in [0.05, 0.1) is 18.8 Å². The summed E-state index contributed by atoms with van der Waals surface area (Å²) < 4.78 is 10.8. The van der Waals surface area contributed by atoms with Crippen molar-refractivity contribution in [2.45, 2.75) is 19.5 Å². The fourth-order valence-corrected chi connectivity index (χ4v) is 2.36. The molecule has 1 aromatic carbocycles. The molecule has 0 saturated carbocycles. The van der Waals surface area contributed by atoms with Crippen molar-refractivity contribution in [3.63, 3.8) is 0 Å². The highest BCUT2D eigenvalue weighted by Gasteiger charge is 2.17. The Labute approximate surface area is 144 Å². The SMILES string of the molecule is CC(NC(=O)C(=O)NCc1ccc(-c2ccco2)o1)c1ccccc1. The molecule has 3 rings (SSSR count). The maximum atomic E-state index is 12.0. The zero-order valence-corrected chi connectivity index (χ0v) is 13.7. The second-order valence-electron chi connectivity index (χ2n) is 5.53. The van der Waals surface area contributed by atoms with Gasteiger partial charge in [-0.2, -0.15) is 0 Å². The van der Waals surface area contributed by atoms with E-state index in [2.05, 4.69) is 10.6 Å². The first kappa shape index (κ1) is 16.6. The summed E-state index contributed by atoms with van der Waals surface area (Å²) in [4.78, 5) is 23.9. The highest BCUT2D eigenvalue weighted by molar-refractivity contribution is 6.35. The Balaban J connectivity index is 1.51. The van der Waals surface area contributed by atoms with Gasteiger partial charge in [0.25, 0.3) is 0 Å². The van der Waals surface area contributed by atoms with Gasteiger partial charge in [-0.05, 0) is 36.8 Å². The van der Waals surface area contributed by atoms with Gasteiger partial charge < -0.3 is 19.5 Å². The number of furan rings is 2. The van der Waals surface area contributed by atoms with E-state index < -0.39 is 11.8 Å². The Kier molecular flexibility index (Phi) is 4.99. The van der Waals surface area contributed by atoms with E-state index in [4.69, 9.17) is 8.83 Å². The molecule has 0 aliphatic carbocycles. The Morgan fingerprint density at radius 1 is 0.960 bits per heavy atom. The molecule has 2 heterocycles. The van der Waals surface area contributed by atoms with Crippen LogP contribution in [-0.2, 0) is 16.1 Å². The first-order valence-corrected chi connectivity index (χ1v) is 7.89. The lowest BCUT2D eigenvalue weighted by Crippen LogP contribution is -2.40. The molecule has 0 radical (unpaired) electrons. The maximum Gasteiger partial charge on any atom is 0.309 e. The van der Waals surface area contributed by atoms with Crippen molar-refractivity contribution in [2.75, 3.05) is 0 Å². The fraction of sp³-hybridized carbons (Fsp3) is 0.158. The van der Waals surface area contributed by atoms with Crippen LogP contribution in [0.1, 0.15) is 24.3 Å². The average Bonchev–Trinajstić information content (AvgIpc) is 3.31. The molecule has 6 nitrogen and oxygen atoms in total. The van der Waals surface area contributed by atoms with Crippen LogP contribution in [0.2, 0.25) is 0 Å². The summed E-state index contributed by atoms with van der Waals surface area (Å²) in [5, 5.41) is 5.20. The third-order valence-corrected chi connectivity index (χ3v) is 3.70.